The Labute approximate surface area is 203 Å². The highest BCUT2D eigenvalue weighted by molar-refractivity contribution is 8.15. The molecular formula is C25H28N4O4S. The fourth-order valence-electron chi connectivity index (χ4n) is 3.84. The molecule has 4 rings (SSSR count). The number of carbonyl (C=O) groups is 3. The number of hydrogen-bond donors (Lipinski definition) is 2. The molecule has 2 aliphatic rings. The highest BCUT2D eigenvalue weighted by Crippen LogP contribution is 2.29. The van der Waals surface area contributed by atoms with E-state index >= 15 is 0 Å². The number of aliphatic imine (C=N–C) groups is 1. The highest BCUT2D eigenvalue weighted by Gasteiger charge is 2.33. The zero-order chi connectivity index (χ0) is 23.9. The van der Waals surface area contributed by atoms with E-state index in [0.29, 0.717) is 17.8 Å². The minimum Gasteiger partial charge on any atom is -0.497 e. The molecule has 0 spiro atoms. The molecule has 0 saturated carbocycles. The zero-order valence-corrected chi connectivity index (χ0v) is 19.9. The summed E-state index contributed by atoms with van der Waals surface area (Å²) in [5, 5.41) is 5.94. The van der Waals surface area contributed by atoms with Gasteiger partial charge < -0.3 is 20.3 Å². The molecule has 178 valence electrons. The number of nitrogens with zero attached hydrogens (tertiary/aromatic N) is 2. The van der Waals surface area contributed by atoms with Crippen molar-refractivity contribution in [2.45, 2.75) is 37.5 Å². The van der Waals surface area contributed by atoms with Crippen LogP contribution in [-0.4, -0.2) is 53.2 Å². The average molecular weight is 481 g/mol. The Kier molecular flexibility index (Phi) is 7.84. The van der Waals surface area contributed by atoms with Gasteiger partial charge in [-0.15, -0.1) is 0 Å². The minimum absolute atomic E-state index is 0.0639. The summed E-state index contributed by atoms with van der Waals surface area (Å²) in [6.45, 7) is 2.23. The molecule has 1 fully saturated rings. The van der Waals surface area contributed by atoms with Gasteiger partial charge in [0.15, 0.2) is 5.17 Å². The summed E-state index contributed by atoms with van der Waals surface area (Å²) in [5.74, 6) is 0.0601. The number of rotatable bonds is 7. The molecule has 2 aromatic rings. The Balaban J connectivity index is 1.24. The number of nitrogens with one attached hydrogen (secondary N) is 2. The van der Waals surface area contributed by atoms with E-state index in [4.69, 9.17) is 4.74 Å². The lowest BCUT2D eigenvalue weighted by Gasteiger charge is -2.27. The maximum absolute atomic E-state index is 12.5. The van der Waals surface area contributed by atoms with Crippen molar-refractivity contribution < 1.29 is 19.1 Å². The van der Waals surface area contributed by atoms with E-state index in [9.17, 15) is 14.4 Å². The first-order valence-electron chi connectivity index (χ1n) is 11.4. The summed E-state index contributed by atoms with van der Waals surface area (Å²) in [7, 11) is 1.61. The van der Waals surface area contributed by atoms with Crippen molar-refractivity contribution in [2.75, 3.05) is 25.5 Å². The second kappa shape index (κ2) is 11.2. The number of anilines is 1. The predicted octanol–water partition coefficient (Wildman–Crippen LogP) is 3.44. The Bertz CT molecular complexity index is 1060. The van der Waals surface area contributed by atoms with E-state index in [1.54, 1.807) is 31.4 Å². The molecule has 8 nitrogen and oxygen atoms in total. The molecule has 0 bridgehead atoms. The third-order valence-electron chi connectivity index (χ3n) is 5.77. The lowest BCUT2D eigenvalue weighted by Crippen LogP contribution is -2.33. The smallest absolute Gasteiger partial charge is 0.262 e. The molecule has 34 heavy (non-hydrogen) atoms. The van der Waals surface area contributed by atoms with Gasteiger partial charge in [0, 0.05) is 37.3 Å². The SMILES string of the molecule is COc1ccc(CNC(=O)c2ccc(NC(=O)C[C@H]3SC(N4CCCCC4)=NC3=O)cc2)cc1. The van der Waals surface area contributed by atoms with Crippen LogP contribution in [0.3, 0.4) is 0 Å². The molecule has 0 radical (unpaired) electrons. The van der Waals surface area contributed by atoms with E-state index in [0.717, 1.165) is 42.4 Å². The van der Waals surface area contributed by atoms with Crippen LogP contribution < -0.4 is 15.4 Å². The highest BCUT2D eigenvalue weighted by atomic mass is 32.2. The second-order valence-electron chi connectivity index (χ2n) is 8.25. The van der Waals surface area contributed by atoms with Gasteiger partial charge >= 0.3 is 0 Å². The molecule has 1 atom stereocenters. The molecule has 3 amide bonds. The van der Waals surface area contributed by atoms with E-state index in [1.165, 1.54) is 18.2 Å². The van der Waals surface area contributed by atoms with Crippen molar-refractivity contribution in [1.82, 2.24) is 10.2 Å². The van der Waals surface area contributed by atoms with Gasteiger partial charge in [-0.3, -0.25) is 14.4 Å². The van der Waals surface area contributed by atoms with Crippen molar-refractivity contribution in [2.24, 2.45) is 4.99 Å². The Morgan fingerprint density at radius 2 is 1.76 bits per heavy atom. The van der Waals surface area contributed by atoms with E-state index in [-0.39, 0.29) is 24.1 Å². The van der Waals surface area contributed by atoms with E-state index in [2.05, 4.69) is 20.5 Å². The van der Waals surface area contributed by atoms with Crippen LogP contribution in [-0.2, 0) is 16.1 Å². The van der Waals surface area contributed by atoms with Gasteiger partial charge in [0.25, 0.3) is 11.8 Å². The molecule has 0 unspecified atom stereocenters. The van der Waals surface area contributed by atoms with Gasteiger partial charge in [0.1, 0.15) is 11.0 Å². The van der Waals surface area contributed by atoms with Crippen LogP contribution in [0.5, 0.6) is 5.75 Å². The van der Waals surface area contributed by atoms with Crippen LogP contribution in [0.25, 0.3) is 0 Å². The van der Waals surface area contributed by atoms with Crippen molar-refractivity contribution >= 4 is 40.3 Å². The Morgan fingerprint density at radius 3 is 2.44 bits per heavy atom. The molecule has 0 aromatic heterocycles. The maximum atomic E-state index is 12.5. The normalized spacial score (nSPS) is 17.8. The number of benzene rings is 2. The van der Waals surface area contributed by atoms with Crippen LogP contribution in [0, 0.1) is 0 Å². The van der Waals surface area contributed by atoms with Gasteiger partial charge in [-0.2, -0.15) is 4.99 Å². The quantitative estimate of drug-likeness (QED) is 0.630. The standard InChI is InChI=1S/C25H28N4O4S/c1-33-20-11-5-17(6-12-20)16-26-23(31)18-7-9-19(10-8-18)27-22(30)15-21-24(32)28-25(34-21)29-13-3-2-4-14-29/h5-12,21H,2-4,13-16H2,1H3,(H,26,31)(H,27,30)/t21-/m1/s1. The van der Waals surface area contributed by atoms with Crippen molar-refractivity contribution in [3.63, 3.8) is 0 Å². The van der Waals surface area contributed by atoms with Crippen LogP contribution in [0.4, 0.5) is 5.69 Å². The molecule has 0 aliphatic carbocycles. The molecule has 2 N–H and O–H groups in total. The lowest BCUT2D eigenvalue weighted by atomic mass is 10.1. The first-order valence-corrected chi connectivity index (χ1v) is 12.2. The molecule has 2 aromatic carbocycles. The third kappa shape index (κ3) is 6.17. The fourth-order valence-corrected chi connectivity index (χ4v) is 4.96. The fraction of sp³-hybridized carbons (Fsp3) is 0.360. The predicted molar refractivity (Wildman–Crippen MR) is 133 cm³/mol. The average Bonchev–Trinajstić information content (AvgIpc) is 3.23. The van der Waals surface area contributed by atoms with Crippen LogP contribution >= 0.6 is 11.8 Å². The largest absolute Gasteiger partial charge is 0.497 e. The van der Waals surface area contributed by atoms with Gasteiger partial charge in [0.05, 0.1) is 7.11 Å². The van der Waals surface area contributed by atoms with Crippen LogP contribution in [0.15, 0.2) is 53.5 Å². The number of carbonyl (C=O) groups excluding carboxylic acids is 3. The number of ether oxygens (including phenoxy) is 1. The summed E-state index contributed by atoms with van der Waals surface area (Å²) >= 11 is 1.38. The monoisotopic (exact) mass is 480 g/mol. The number of amidine groups is 1. The van der Waals surface area contributed by atoms with Crippen molar-refractivity contribution in [1.29, 1.82) is 0 Å². The van der Waals surface area contributed by atoms with Gasteiger partial charge in [-0.25, -0.2) is 0 Å². The minimum atomic E-state index is -0.486. The Hall–Kier alpha value is -3.33. The van der Waals surface area contributed by atoms with E-state index in [1.807, 2.05) is 24.3 Å². The lowest BCUT2D eigenvalue weighted by molar-refractivity contribution is -0.121. The molecule has 2 heterocycles. The number of piperidine rings is 1. The number of thioether (sulfide) groups is 1. The third-order valence-corrected chi connectivity index (χ3v) is 6.98. The summed E-state index contributed by atoms with van der Waals surface area (Å²) in [5.41, 5.74) is 2.03. The summed E-state index contributed by atoms with van der Waals surface area (Å²) in [6, 6.07) is 14.2. The molecule has 9 heteroatoms. The van der Waals surface area contributed by atoms with Crippen LogP contribution in [0.1, 0.15) is 41.6 Å². The first kappa shape index (κ1) is 23.8. The molecule has 2 aliphatic heterocycles. The van der Waals surface area contributed by atoms with Crippen molar-refractivity contribution in [3.8, 4) is 5.75 Å². The van der Waals surface area contributed by atoms with Gasteiger partial charge in [-0.1, -0.05) is 23.9 Å². The first-order chi connectivity index (χ1) is 16.5. The summed E-state index contributed by atoms with van der Waals surface area (Å²) in [6.07, 6.45) is 3.48. The van der Waals surface area contributed by atoms with Crippen LogP contribution in [0.2, 0.25) is 0 Å². The summed E-state index contributed by atoms with van der Waals surface area (Å²) in [4.78, 5) is 43.5. The number of amides is 3. The zero-order valence-electron chi connectivity index (χ0n) is 19.1. The summed E-state index contributed by atoms with van der Waals surface area (Å²) < 4.78 is 5.13. The van der Waals surface area contributed by atoms with E-state index < -0.39 is 5.25 Å². The van der Waals surface area contributed by atoms with Gasteiger partial charge in [-0.05, 0) is 61.2 Å². The second-order valence-corrected chi connectivity index (χ2v) is 9.42. The Morgan fingerprint density at radius 1 is 1.06 bits per heavy atom. The molecule has 1 saturated heterocycles. The molecular weight excluding hydrogens is 452 g/mol. The van der Waals surface area contributed by atoms with Gasteiger partial charge in [0.2, 0.25) is 5.91 Å². The topological polar surface area (TPSA) is 100 Å². The van der Waals surface area contributed by atoms with Crippen molar-refractivity contribution in [3.05, 3.63) is 59.7 Å². The maximum Gasteiger partial charge on any atom is 0.262 e. The number of likely N-dealkylation sites (tertiary alicyclic amines) is 1. The number of hydrogen-bond acceptors (Lipinski definition) is 6. The number of methoxy groups -OCH3 is 1.